The molecule has 5 nitrogen and oxygen atoms in total. The molecule has 7 heteroatoms. The number of anilines is 1. The standard InChI is InChI=1S/C10H9ClN2O3S/c11-5-1-2-6-8(3-5)16-10(12-6)13-7(4-17)9(14)15/h1-3,7,17H,4H2,(H,12,13)(H,14,15)/t7-/m1/s1. The highest BCUT2D eigenvalue weighted by molar-refractivity contribution is 7.80. The normalized spacial score (nSPS) is 12.6. The Morgan fingerprint density at radius 3 is 3.06 bits per heavy atom. The van der Waals surface area contributed by atoms with E-state index in [4.69, 9.17) is 21.1 Å². The summed E-state index contributed by atoms with van der Waals surface area (Å²) in [7, 11) is 0. The molecule has 0 aliphatic heterocycles. The van der Waals surface area contributed by atoms with E-state index in [1.54, 1.807) is 18.2 Å². The van der Waals surface area contributed by atoms with Crippen LogP contribution in [-0.4, -0.2) is 27.9 Å². The highest BCUT2D eigenvalue weighted by atomic mass is 35.5. The van der Waals surface area contributed by atoms with E-state index in [9.17, 15) is 4.79 Å². The van der Waals surface area contributed by atoms with E-state index in [0.29, 0.717) is 16.1 Å². The lowest BCUT2D eigenvalue weighted by Crippen LogP contribution is -2.30. The molecule has 0 unspecified atom stereocenters. The molecule has 0 spiro atoms. The van der Waals surface area contributed by atoms with Gasteiger partial charge in [0.1, 0.15) is 11.6 Å². The Morgan fingerprint density at radius 1 is 1.65 bits per heavy atom. The Bertz CT molecular complexity index is 557. The molecule has 17 heavy (non-hydrogen) atoms. The first-order valence-corrected chi connectivity index (χ1v) is 5.77. The lowest BCUT2D eigenvalue weighted by Gasteiger charge is -2.08. The van der Waals surface area contributed by atoms with E-state index in [1.165, 1.54) is 0 Å². The molecule has 0 saturated heterocycles. The van der Waals surface area contributed by atoms with E-state index in [1.807, 2.05) is 0 Å². The quantitative estimate of drug-likeness (QED) is 0.745. The van der Waals surface area contributed by atoms with Crippen molar-refractivity contribution in [1.29, 1.82) is 0 Å². The van der Waals surface area contributed by atoms with Crippen molar-refractivity contribution < 1.29 is 14.3 Å². The summed E-state index contributed by atoms with van der Waals surface area (Å²) < 4.78 is 5.33. The SMILES string of the molecule is O=C(O)[C@@H](CS)Nc1nc2ccc(Cl)cc2o1. The molecule has 1 aromatic heterocycles. The predicted molar refractivity (Wildman–Crippen MR) is 67.9 cm³/mol. The van der Waals surface area contributed by atoms with Crippen LogP contribution in [0, 0.1) is 0 Å². The molecule has 0 amide bonds. The number of rotatable bonds is 4. The summed E-state index contributed by atoms with van der Waals surface area (Å²) in [6.45, 7) is 0. The van der Waals surface area contributed by atoms with Crippen molar-refractivity contribution >= 4 is 47.3 Å². The van der Waals surface area contributed by atoms with Gasteiger partial charge in [0.15, 0.2) is 5.58 Å². The molecule has 1 atom stereocenters. The minimum absolute atomic E-state index is 0.134. The molecular formula is C10H9ClN2O3S. The number of oxazole rings is 1. The van der Waals surface area contributed by atoms with Gasteiger partial charge in [-0.1, -0.05) is 11.6 Å². The number of carboxylic acids is 1. The Hall–Kier alpha value is -1.40. The van der Waals surface area contributed by atoms with E-state index in [0.717, 1.165) is 0 Å². The summed E-state index contributed by atoms with van der Waals surface area (Å²) in [5.74, 6) is -0.880. The van der Waals surface area contributed by atoms with Gasteiger partial charge in [-0.25, -0.2) is 4.79 Å². The minimum Gasteiger partial charge on any atom is -0.480 e. The lowest BCUT2D eigenvalue weighted by molar-refractivity contribution is -0.137. The van der Waals surface area contributed by atoms with Gasteiger partial charge in [0.05, 0.1) is 0 Å². The molecule has 2 N–H and O–H groups in total. The molecule has 0 fully saturated rings. The highest BCUT2D eigenvalue weighted by Gasteiger charge is 2.17. The summed E-state index contributed by atoms with van der Waals surface area (Å²) in [5, 5.41) is 12.0. The van der Waals surface area contributed by atoms with Crippen LogP contribution in [0.5, 0.6) is 0 Å². The van der Waals surface area contributed by atoms with E-state index in [2.05, 4.69) is 22.9 Å². The van der Waals surface area contributed by atoms with Crippen LogP contribution < -0.4 is 5.32 Å². The number of aliphatic carboxylic acids is 1. The van der Waals surface area contributed by atoms with Crippen LogP contribution in [0.3, 0.4) is 0 Å². The first kappa shape index (κ1) is 12.1. The third-order valence-electron chi connectivity index (χ3n) is 2.13. The summed E-state index contributed by atoms with van der Waals surface area (Å²) in [4.78, 5) is 14.9. The molecular weight excluding hydrogens is 264 g/mol. The zero-order valence-corrected chi connectivity index (χ0v) is 10.2. The molecule has 0 aliphatic carbocycles. The fourth-order valence-electron chi connectivity index (χ4n) is 1.29. The zero-order chi connectivity index (χ0) is 12.4. The van der Waals surface area contributed by atoms with E-state index >= 15 is 0 Å². The maximum atomic E-state index is 10.8. The first-order valence-electron chi connectivity index (χ1n) is 4.76. The fraction of sp³-hybridized carbons (Fsp3) is 0.200. The number of nitrogens with one attached hydrogen (secondary N) is 1. The largest absolute Gasteiger partial charge is 0.480 e. The minimum atomic E-state index is -1.01. The van der Waals surface area contributed by atoms with Gasteiger partial charge in [-0.15, -0.1) is 0 Å². The van der Waals surface area contributed by atoms with Crippen molar-refractivity contribution in [1.82, 2.24) is 4.98 Å². The number of hydrogen-bond donors (Lipinski definition) is 3. The van der Waals surface area contributed by atoms with Crippen molar-refractivity contribution in [2.45, 2.75) is 6.04 Å². The third-order valence-corrected chi connectivity index (χ3v) is 2.73. The second kappa shape index (κ2) is 4.85. The highest BCUT2D eigenvalue weighted by Crippen LogP contribution is 2.22. The number of aromatic nitrogens is 1. The first-order chi connectivity index (χ1) is 8.10. The second-order valence-electron chi connectivity index (χ2n) is 3.35. The third kappa shape index (κ3) is 2.65. The summed E-state index contributed by atoms with van der Waals surface area (Å²) in [6.07, 6.45) is 0. The molecule has 2 rings (SSSR count). The van der Waals surface area contributed by atoms with Crippen molar-refractivity contribution in [3.63, 3.8) is 0 Å². The van der Waals surface area contributed by atoms with Crippen LogP contribution in [0.25, 0.3) is 11.1 Å². The lowest BCUT2D eigenvalue weighted by atomic mass is 10.3. The topological polar surface area (TPSA) is 75.4 Å². The summed E-state index contributed by atoms with van der Waals surface area (Å²) in [6, 6.07) is 4.29. The molecule has 0 bridgehead atoms. The van der Waals surface area contributed by atoms with Crippen molar-refractivity contribution in [3.05, 3.63) is 23.2 Å². The van der Waals surface area contributed by atoms with E-state index in [-0.39, 0.29) is 11.8 Å². The smallest absolute Gasteiger partial charge is 0.327 e. The van der Waals surface area contributed by atoms with Crippen molar-refractivity contribution in [2.24, 2.45) is 0 Å². The molecule has 0 saturated carbocycles. The van der Waals surface area contributed by atoms with Crippen LogP contribution in [0.1, 0.15) is 0 Å². The summed E-state index contributed by atoms with van der Waals surface area (Å²) >= 11 is 9.73. The van der Waals surface area contributed by atoms with Gasteiger partial charge in [-0.2, -0.15) is 17.6 Å². The number of fused-ring (bicyclic) bond motifs is 1. The molecule has 0 aliphatic rings. The van der Waals surface area contributed by atoms with Gasteiger partial charge in [0.2, 0.25) is 0 Å². The van der Waals surface area contributed by atoms with Crippen LogP contribution in [-0.2, 0) is 4.79 Å². The van der Waals surface area contributed by atoms with Gasteiger partial charge in [0.25, 0.3) is 6.01 Å². The molecule has 2 aromatic rings. The maximum Gasteiger partial charge on any atom is 0.327 e. The fourth-order valence-corrected chi connectivity index (χ4v) is 1.70. The van der Waals surface area contributed by atoms with Crippen LogP contribution in [0.15, 0.2) is 22.6 Å². The van der Waals surface area contributed by atoms with Gasteiger partial charge in [-0.05, 0) is 12.1 Å². The van der Waals surface area contributed by atoms with Gasteiger partial charge < -0.3 is 14.8 Å². The Balaban J connectivity index is 2.27. The number of halogens is 1. The predicted octanol–water partition coefficient (Wildman–Crippen LogP) is 2.28. The number of nitrogens with zero attached hydrogens (tertiary/aromatic N) is 1. The van der Waals surface area contributed by atoms with Gasteiger partial charge in [0, 0.05) is 16.8 Å². The number of carbonyl (C=O) groups is 1. The molecule has 1 aromatic carbocycles. The Labute approximate surface area is 107 Å². The summed E-state index contributed by atoms with van der Waals surface area (Å²) in [5.41, 5.74) is 1.11. The molecule has 0 radical (unpaired) electrons. The monoisotopic (exact) mass is 272 g/mol. The van der Waals surface area contributed by atoms with E-state index < -0.39 is 12.0 Å². The zero-order valence-electron chi connectivity index (χ0n) is 8.55. The van der Waals surface area contributed by atoms with Crippen LogP contribution in [0.2, 0.25) is 5.02 Å². The van der Waals surface area contributed by atoms with Crippen LogP contribution in [0.4, 0.5) is 6.01 Å². The van der Waals surface area contributed by atoms with Gasteiger partial charge >= 0.3 is 5.97 Å². The van der Waals surface area contributed by atoms with Crippen molar-refractivity contribution in [2.75, 3.05) is 11.1 Å². The number of hydrogen-bond acceptors (Lipinski definition) is 5. The molecule has 90 valence electrons. The number of benzene rings is 1. The number of thiol groups is 1. The second-order valence-corrected chi connectivity index (χ2v) is 4.15. The van der Waals surface area contributed by atoms with Crippen molar-refractivity contribution in [3.8, 4) is 0 Å². The average Bonchev–Trinajstić information content (AvgIpc) is 2.66. The Kier molecular flexibility index (Phi) is 3.44. The van der Waals surface area contributed by atoms with Crippen LogP contribution >= 0.6 is 24.2 Å². The molecule has 1 heterocycles. The Morgan fingerprint density at radius 2 is 2.41 bits per heavy atom. The maximum absolute atomic E-state index is 10.8. The average molecular weight is 273 g/mol. The van der Waals surface area contributed by atoms with Gasteiger partial charge in [-0.3, -0.25) is 0 Å². The number of carboxylic acid groups (broad SMARTS) is 1.